The van der Waals surface area contributed by atoms with Crippen LogP contribution in [0.15, 0.2) is 29.4 Å². The Morgan fingerprint density at radius 3 is 2.41 bits per heavy atom. The number of hydrazone groups is 1. The summed E-state index contributed by atoms with van der Waals surface area (Å²) in [5.74, 6) is 5.23. The van der Waals surface area contributed by atoms with Crippen LogP contribution in [0.4, 0.5) is 0 Å². The largest absolute Gasteiger partial charge is 0.323 e. The van der Waals surface area contributed by atoms with Crippen molar-refractivity contribution in [3.05, 3.63) is 35.4 Å². The first kappa shape index (κ1) is 13.7. The molecule has 0 unspecified atom stereocenters. The van der Waals surface area contributed by atoms with Crippen LogP contribution in [0.2, 0.25) is 0 Å². The average Bonchev–Trinajstić information content (AvgIpc) is 2.33. The highest BCUT2D eigenvalue weighted by molar-refractivity contribution is 5.81. The quantitative estimate of drug-likeness (QED) is 0.447. The maximum Gasteiger partial charge on any atom is 0.0541 e. The molecule has 0 aliphatic carbocycles. The molecule has 0 saturated heterocycles. The Morgan fingerprint density at radius 2 is 1.82 bits per heavy atom. The van der Waals surface area contributed by atoms with E-state index in [1.807, 2.05) is 6.07 Å². The molecule has 1 rings (SSSR count). The molecule has 0 aromatic heterocycles. The van der Waals surface area contributed by atoms with Gasteiger partial charge in [0.15, 0.2) is 0 Å². The molecule has 0 bridgehead atoms. The van der Waals surface area contributed by atoms with Crippen LogP contribution in [0.3, 0.4) is 0 Å². The fourth-order valence-corrected chi connectivity index (χ4v) is 2.03. The van der Waals surface area contributed by atoms with Crippen LogP contribution in [0.25, 0.3) is 0 Å². The van der Waals surface area contributed by atoms with Gasteiger partial charge in [0.1, 0.15) is 0 Å². The standard InChI is InChI=1S/C14H23N3/c1-3-9-17(10-4-2)12-14-8-6-5-7-13(14)11-16-15/h5-8,11H,3-4,9-10,12,15H2,1-2H3. The van der Waals surface area contributed by atoms with Gasteiger partial charge in [0.2, 0.25) is 0 Å². The number of hydrogen-bond acceptors (Lipinski definition) is 3. The Labute approximate surface area is 104 Å². The monoisotopic (exact) mass is 233 g/mol. The Hall–Kier alpha value is -1.35. The molecule has 0 heterocycles. The van der Waals surface area contributed by atoms with Gasteiger partial charge in [-0.25, -0.2) is 0 Å². The lowest BCUT2D eigenvalue weighted by molar-refractivity contribution is 0.266. The second kappa shape index (κ2) is 7.85. The zero-order valence-corrected chi connectivity index (χ0v) is 10.9. The summed E-state index contributed by atoms with van der Waals surface area (Å²) in [6.45, 7) is 7.69. The molecule has 0 saturated carbocycles. The molecule has 94 valence electrons. The minimum atomic E-state index is 0.976. The first-order chi connectivity index (χ1) is 8.31. The summed E-state index contributed by atoms with van der Waals surface area (Å²) in [5, 5.41) is 3.62. The fourth-order valence-electron chi connectivity index (χ4n) is 2.03. The summed E-state index contributed by atoms with van der Waals surface area (Å²) in [6, 6.07) is 8.29. The van der Waals surface area contributed by atoms with Crippen molar-refractivity contribution in [2.45, 2.75) is 33.2 Å². The molecule has 0 atom stereocenters. The molecule has 3 heteroatoms. The van der Waals surface area contributed by atoms with Gasteiger partial charge in [-0.1, -0.05) is 38.1 Å². The minimum Gasteiger partial charge on any atom is -0.323 e. The zero-order valence-electron chi connectivity index (χ0n) is 10.9. The van der Waals surface area contributed by atoms with Gasteiger partial charge >= 0.3 is 0 Å². The van der Waals surface area contributed by atoms with E-state index in [1.165, 1.54) is 18.4 Å². The third kappa shape index (κ3) is 4.57. The lowest BCUT2D eigenvalue weighted by atomic mass is 10.1. The number of nitrogens with two attached hydrogens (primary N) is 1. The Kier molecular flexibility index (Phi) is 6.33. The molecular formula is C14H23N3. The highest BCUT2D eigenvalue weighted by Crippen LogP contribution is 2.10. The second-order valence-electron chi connectivity index (χ2n) is 4.25. The third-order valence-corrected chi connectivity index (χ3v) is 2.74. The number of hydrogen-bond donors (Lipinski definition) is 1. The molecule has 2 N–H and O–H groups in total. The van der Waals surface area contributed by atoms with Crippen LogP contribution < -0.4 is 5.84 Å². The van der Waals surface area contributed by atoms with Crippen LogP contribution in [0, 0.1) is 0 Å². The highest BCUT2D eigenvalue weighted by Gasteiger charge is 2.06. The zero-order chi connectivity index (χ0) is 12.5. The van der Waals surface area contributed by atoms with E-state index in [2.05, 4.69) is 42.0 Å². The molecule has 0 aliphatic heterocycles. The summed E-state index contributed by atoms with van der Waals surface area (Å²) in [5.41, 5.74) is 2.41. The number of benzene rings is 1. The van der Waals surface area contributed by atoms with E-state index in [0.717, 1.165) is 25.2 Å². The molecule has 0 amide bonds. The predicted octanol–water partition coefficient (Wildman–Crippen LogP) is 2.60. The SMILES string of the molecule is CCCN(CCC)Cc1ccccc1C=NN. The molecule has 0 aliphatic rings. The third-order valence-electron chi connectivity index (χ3n) is 2.74. The van der Waals surface area contributed by atoms with Crippen LogP contribution in [0.1, 0.15) is 37.8 Å². The Morgan fingerprint density at radius 1 is 1.18 bits per heavy atom. The normalized spacial score (nSPS) is 11.5. The summed E-state index contributed by atoms with van der Waals surface area (Å²) >= 11 is 0. The first-order valence-electron chi connectivity index (χ1n) is 6.35. The first-order valence-corrected chi connectivity index (χ1v) is 6.35. The van der Waals surface area contributed by atoms with E-state index in [0.29, 0.717) is 0 Å². The van der Waals surface area contributed by atoms with Crippen LogP contribution in [-0.4, -0.2) is 24.2 Å². The van der Waals surface area contributed by atoms with Crippen molar-refractivity contribution >= 4 is 6.21 Å². The van der Waals surface area contributed by atoms with E-state index >= 15 is 0 Å². The fraction of sp³-hybridized carbons (Fsp3) is 0.500. The van der Waals surface area contributed by atoms with Crippen molar-refractivity contribution in [3.8, 4) is 0 Å². The van der Waals surface area contributed by atoms with Crippen molar-refractivity contribution < 1.29 is 0 Å². The smallest absolute Gasteiger partial charge is 0.0541 e. The summed E-state index contributed by atoms with van der Waals surface area (Å²) < 4.78 is 0. The summed E-state index contributed by atoms with van der Waals surface area (Å²) in [7, 11) is 0. The second-order valence-corrected chi connectivity index (χ2v) is 4.25. The van der Waals surface area contributed by atoms with E-state index in [1.54, 1.807) is 6.21 Å². The predicted molar refractivity (Wildman–Crippen MR) is 74.1 cm³/mol. The highest BCUT2D eigenvalue weighted by atomic mass is 15.1. The number of rotatable bonds is 7. The summed E-state index contributed by atoms with van der Waals surface area (Å²) in [6.07, 6.45) is 4.10. The number of nitrogens with zero attached hydrogens (tertiary/aromatic N) is 2. The molecule has 1 aromatic carbocycles. The maximum absolute atomic E-state index is 5.23. The Bertz CT molecular complexity index is 341. The van der Waals surface area contributed by atoms with Gasteiger partial charge in [0.25, 0.3) is 0 Å². The molecule has 17 heavy (non-hydrogen) atoms. The van der Waals surface area contributed by atoms with Gasteiger partial charge in [-0.3, -0.25) is 4.90 Å². The lowest BCUT2D eigenvalue weighted by Crippen LogP contribution is -2.25. The minimum absolute atomic E-state index is 0.976. The van der Waals surface area contributed by atoms with Gasteiger partial charge in [0, 0.05) is 6.54 Å². The van der Waals surface area contributed by atoms with Crippen molar-refractivity contribution in [2.75, 3.05) is 13.1 Å². The van der Waals surface area contributed by atoms with E-state index in [9.17, 15) is 0 Å². The lowest BCUT2D eigenvalue weighted by Gasteiger charge is -2.21. The summed E-state index contributed by atoms with van der Waals surface area (Å²) in [4.78, 5) is 2.48. The van der Waals surface area contributed by atoms with E-state index < -0.39 is 0 Å². The van der Waals surface area contributed by atoms with Gasteiger partial charge < -0.3 is 5.84 Å². The topological polar surface area (TPSA) is 41.6 Å². The van der Waals surface area contributed by atoms with E-state index in [-0.39, 0.29) is 0 Å². The van der Waals surface area contributed by atoms with Crippen LogP contribution in [0.5, 0.6) is 0 Å². The van der Waals surface area contributed by atoms with Crippen molar-refractivity contribution in [1.29, 1.82) is 0 Å². The molecule has 0 spiro atoms. The van der Waals surface area contributed by atoms with Crippen LogP contribution >= 0.6 is 0 Å². The van der Waals surface area contributed by atoms with Crippen molar-refractivity contribution in [1.82, 2.24) is 4.90 Å². The van der Waals surface area contributed by atoms with Gasteiger partial charge in [-0.05, 0) is 37.1 Å². The maximum atomic E-state index is 5.23. The molecular weight excluding hydrogens is 210 g/mol. The van der Waals surface area contributed by atoms with Gasteiger partial charge in [-0.15, -0.1) is 0 Å². The Balaban J connectivity index is 2.76. The molecule has 3 nitrogen and oxygen atoms in total. The molecule has 1 aromatic rings. The van der Waals surface area contributed by atoms with Gasteiger partial charge in [-0.2, -0.15) is 5.10 Å². The van der Waals surface area contributed by atoms with Crippen molar-refractivity contribution in [3.63, 3.8) is 0 Å². The van der Waals surface area contributed by atoms with Crippen LogP contribution in [-0.2, 0) is 6.54 Å². The van der Waals surface area contributed by atoms with Gasteiger partial charge in [0.05, 0.1) is 6.21 Å². The van der Waals surface area contributed by atoms with Crippen molar-refractivity contribution in [2.24, 2.45) is 10.9 Å². The average molecular weight is 233 g/mol. The van der Waals surface area contributed by atoms with E-state index in [4.69, 9.17) is 5.84 Å². The molecule has 0 fully saturated rings. The molecule has 0 radical (unpaired) electrons.